The summed E-state index contributed by atoms with van der Waals surface area (Å²) in [6.07, 6.45) is 1.47. The monoisotopic (exact) mass is 509 g/mol. The van der Waals surface area contributed by atoms with Crippen molar-refractivity contribution in [3.8, 4) is 10.4 Å². The molecule has 0 N–H and O–H groups in total. The second-order valence-corrected chi connectivity index (χ2v) is 10.0. The highest BCUT2D eigenvalue weighted by Crippen LogP contribution is 2.46. The summed E-state index contributed by atoms with van der Waals surface area (Å²) in [5, 5.41) is 0.302. The summed E-state index contributed by atoms with van der Waals surface area (Å²) in [5.41, 5.74) is 1.02. The number of rotatable bonds is 2. The van der Waals surface area contributed by atoms with Crippen molar-refractivity contribution in [1.82, 2.24) is 4.98 Å². The Kier molecular flexibility index (Phi) is 5.01. The number of allylic oxidation sites excluding steroid dienone is 1. The number of carbonyl (C=O) groups is 2. The van der Waals surface area contributed by atoms with Crippen molar-refractivity contribution < 1.29 is 9.59 Å². The standard InChI is InChI=1S/C21H7Cl4NO2S2/c22-15-13-14(16(23)18(25)17(15)24)20(28)9(19(13)27)6-12-26-21-11(29-12)7-10(30-21)8-4-2-1-3-5-8/h1-7H. The maximum Gasteiger partial charge on any atom is 0.199 e. The number of thiazole rings is 1. The Labute approximate surface area is 198 Å². The molecule has 4 aromatic rings. The highest BCUT2D eigenvalue weighted by atomic mass is 35.5. The molecule has 0 atom stereocenters. The van der Waals surface area contributed by atoms with E-state index in [1.54, 1.807) is 11.3 Å². The van der Waals surface area contributed by atoms with E-state index in [2.05, 4.69) is 11.1 Å². The predicted molar refractivity (Wildman–Crippen MR) is 126 cm³/mol. The van der Waals surface area contributed by atoms with Crippen LogP contribution in [0.1, 0.15) is 25.7 Å². The lowest BCUT2D eigenvalue weighted by Gasteiger charge is -2.07. The third kappa shape index (κ3) is 3.04. The molecule has 3 nitrogen and oxygen atoms in total. The fraction of sp³-hybridized carbons (Fsp3) is 0. The van der Waals surface area contributed by atoms with Crippen LogP contribution in [-0.2, 0) is 0 Å². The van der Waals surface area contributed by atoms with E-state index in [0.29, 0.717) is 5.01 Å². The molecule has 1 aliphatic rings. The Bertz CT molecular complexity index is 1340. The number of carbonyl (C=O) groups excluding carboxylic acids is 2. The number of Topliss-reactive ketones (excluding diaryl/α,β-unsaturated/α-hetero) is 2. The molecule has 0 amide bonds. The zero-order chi connectivity index (χ0) is 21.2. The Hall–Kier alpha value is -1.73. The molecule has 2 aromatic carbocycles. The second-order valence-electron chi connectivity index (χ2n) is 6.42. The topological polar surface area (TPSA) is 47.0 Å². The van der Waals surface area contributed by atoms with Crippen LogP contribution in [0.5, 0.6) is 0 Å². The zero-order valence-electron chi connectivity index (χ0n) is 14.6. The van der Waals surface area contributed by atoms with Crippen molar-refractivity contribution in [3.63, 3.8) is 0 Å². The van der Waals surface area contributed by atoms with Crippen LogP contribution in [0.25, 0.3) is 26.0 Å². The summed E-state index contributed by atoms with van der Waals surface area (Å²) >= 11 is 27.4. The number of ketones is 2. The maximum absolute atomic E-state index is 12.9. The molecule has 0 saturated heterocycles. The van der Waals surface area contributed by atoms with Gasteiger partial charge in [0.25, 0.3) is 0 Å². The minimum Gasteiger partial charge on any atom is -0.288 e. The third-order valence-corrected chi connectivity index (χ3v) is 8.60. The predicted octanol–water partition coefficient (Wildman–Crippen LogP) is 8.10. The maximum atomic E-state index is 12.9. The SMILES string of the molecule is O=C1C(=Cc2nc3sc(-c4ccccc4)cc3s2)C(=O)c2c(Cl)c(Cl)c(Cl)c(Cl)c21. The first-order chi connectivity index (χ1) is 14.4. The molecule has 0 unspecified atom stereocenters. The van der Waals surface area contributed by atoms with Crippen LogP contribution in [0, 0.1) is 0 Å². The molecule has 5 rings (SSSR count). The van der Waals surface area contributed by atoms with Crippen LogP contribution < -0.4 is 0 Å². The summed E-state index contributed by atoms with van der Waals surface area (Å²) < 4.78 is 0.975. The van der Waals surface area contributed by atoms with Crippen LogP contribution in [-0.4, -0.2) is 16.6 Å². The van der Waals surface area contributed by atoms with Crippen LogP contribution in [0.4, 0.5) is 0 Å². The minimum atomic E-state index is -0.538. The molecular weight excluding hydrogens is 504 g/mol. The smallest absolute Gasteiger partial charge is 0.199 e. The first-order valence-electron chi connectivity index (χ1n) is 8.49. The number of hydrogen-bond donors (Lipinski definition) is 0. The second kappa shape index (κ2) is 7.45. The van der Waals surface area contributed by atoms with E-state index < -0.39 is 11.6 Å². The molecular formula is C21H7Cl4NO2S2. The summed E-state index contributed by atoms with van der Waals surface area (Å²) in [4.78, 5) is 32.3. The van der Waals surface area contributed by atoms with Gasteiger partial charge in [0, 0.05) is 4.88 Å². The highest BCUT2D eigenvalue weighted by Gasteiger charge is 2.39. The van der Waals surface area contributed by atoms with Gasteiger partial charge < -0.3 is 0 Å². The van der Waals surface area contributed by atoms with Gasteiger partial charge in [0.1, 0.15) is 9.84 Å². The van der Waals surface area contributed by atoms with Gasteiger partial charge in [-0.05, 0) is 17.7 Å². The summed E-state index contributed by atoms with van der Waals surface area (Å²) in [7, 11) is 0. The quantitative estimate of drug-likeness (QED) is 0.118. The van der Waals surface area contributed by atoms with Gasteiger partial charge >= 0.3 is 0 Å². The summed E-state index contributed by atoms with van der Waals surface area (Å²) in [5.74, 6) is -1.08. The van der Waals surface area contributed by atoms with Crippen molar-refractivity contribution in [2.24, 2.45) is 0 Å². The normalized spacial score (nSPS) is 13.4. The van der Waals surface area contributed by atoms with Crippen LogP contribution >= 0.6 is 69.1 Å². The molecule has 2 heterocycles. The van der Waals surface area contributed by atoms with Gasteiger partial charge in [0.05, 0.1) is 41.5 Å². The molecule has 9 heteroatoms. The molecule has 0 aliphatic heterocycles. The summed E-state index contributed by atoms with van der Waals surface area (Å²) in [6.45, 7) is 0. The highest BCUT2D eigenvalue weighted by molar-refractivity contribution is 7.29. The van der Waals surface area contributed by atoms with Crippen molar-refractivity contribution in [1.29, 1.82) is 0 Å². The molecule has 1 aliphatic carbocycles. The number of aromatic nitrogens is 1. The number of benzene rings is 2. The van der Waals surface area contributed by atoms with E-state index in [1.165, 1.54) is 17.4 Å². The van der Waals surface area contributed by atoms with Crippen molar-refractivity contribution in [2.45, 2.75) is 0 Å². The van der Waals surface area contributed by atoms with Gasteiger partial charge in [-0.25, -0.2) is 4.98 Å². The van der Waals surface area contributed by atoms with E-state index in [4.69, 9.17) is 46.4 Å². The van der Waals surface area contributed by atoms with E-state index in [9.17, 15) is 9.59 Å². The summed E-state index contributed by atoms with van der Waals surface area (Å²) in [6, 6.07) is 12.1. The van der Waals surface area contributed by atoms with Gasteiger partial charge in [-0.3, -0.25) is 9.59 Å². The van der Waals surface area contributed by atoms with Crippen LogP contribution in [0.15, 0.2) is 42.0 Å². The van der Waals surface area contributed by atoms with Gasteiger partial charge in [-0.15, -0.1) is 22.7 Å². The van der Waals surface area contributed by atoms with Gasteiger partial charge in [-0.1, -0.05) is 76.7 Å². The molecule has 0 bridgehead atoms. The van der Waals surface area contributed by atoms with Gasteiger partial charge in [0.15, 0.2) is 11.6 Å². The van der Waals surface area contributed by atoms with E-state index in [0.717, 1.165) is 20.0 Å². The van der Waals surface area contributed by atoms with Crippen molar-refractivity contribution >= 4 is 96.3 Å². The molecule has 0 fully saturated rings. The molecule has 2 aromatic heterocycles. The number of thiophene rings is 1. The fourth-order valence-corrected chi connectivity index (χ4v) is 6.44. The van der Waals surface area contributed by atoms with E-state index >= 15 is 0 Å². The van der Waals surface area contributed by atoms with Crippen LogP contribution in [0.2, 0.25) is 20.1 Å². The molecule has 0 radical (unpaired) electrons. The number of halogens is 4. The zero-order valence-corrected chi connectivity index (χ0v) is 19.3. The Morgan fingerprint density at radius 1 is 0.800 bits per heavy atom. The molecule has 30 heavy (non-hydrogen) atoms. The Balaban J connectivity index is 1.57. The minimum absolute atomic E-state index is 0.0166. The molecule has 0 saturated carbocycles. The van der Waals surface area contributed by atoms with E-state index in [-0.39, 0.29) is 36.8 Å². The Morgan fingerprint density at radius 3 is 1.97 bits per heavy atom. The average Bonchev–Trinajstić information content (AvgIpc) is 3.38. The first-order valence-corrected chi connectivity index (χ1v) is 11.6. The lowest BCUT2D eigenvalue weighted by atomic mass is 10.1. The molecule has 0 spiro atoms. The van der Waals surface area contributed by atoms with E-state index in [1.807, 2.05) is 30.3 Å². The van der Waals surface area contributed by atoms with Crippen molar-refractivity contribution in [2.75, 3.05) is 0 Å². The van der Waals surface area contributed by atoms with Crippen LogP contribution in [0.3, 0.4) is 0 Å². The van der Waals surface area contributed by atoms with Gasteiger partial charge in [-0.2, -0.15) is 0 Å². The van der Waals surface area contributed by atoms with Gasteiger partial charge in [0.2, 0.25) is 0 Å². The third-order valence-electron chi connectivity index (χ3n) is 4.64. The largest absolute Gasteiger partial charge is 0.288 e. The lowest BCUT2D eigenvalue weighted by Crippen LogP contribution is -2.00. The first kappa shape index (κ1) is 20.2. The number of fused-ring (bicyclic) bond motifs is 2. The lowest BCUT2D eigenvalue weighted by molar-refractivity contribution is 0.0990. The fourth-order valence-electron chi connectivity index (χ4n) is 3.24. The number of nitrogens with zero attached hydrogens (tertiary/aromatic N) is 1. The number of hydrogen-bond acceptors (Lipinski definition) is 5. The van der Waals surface area contributed by atoms with Crippen molar-refractivity contribution in [3.05, 3.63) is 78.2 Å². The molecule has 148 valence electrons. The Morgan fingerprint density at radius 2 is 1.40 bits per heavy atom. The average molecular weight is 511 g/mol.